The molecule has 1 spiro atoms. The molecule has 5 nitrogen and oxygen atoms in total. The lowest BCUT2D eigenvalue weighted by Crippen LogP contribution is -2.61. The van der Waals surface area contributed by atoms with Crippen LogP contribution >= 0.6 is 0 Å². The van der Waals surface area contributed by atoms with Crippen molar-refractivity contribution in [2.75, 3.05) is 43.0 Å². The van der Waals surface area contributed by atoms with Crippen LogP contribution in [-0.4, -0.2) is 45.2 Å². The number of hydrogen-bond acceptors (Lipinski definition) is 5. The van der Waals surface area contributed by atoms with Crippen molar-refractivity contribution in [3.63, 3.8) is 0 Å². The van der Waals surface area contributed by atoms with Crippen LogP contribution in [-0.2, 0) is 5.41 Å². The van der Waals surface area contributed by atoms with Crippen LogP contribution in [0.3, 0.4) is 0 Å². The molecular weight excluding hydrogens is 384 g/mol. The van der Waals surface area contributed by atoms with E-state index in [2.05, 4.69) is 90.6 Å². The van der Waals surface area contributed by atoms with Crippen molar-refractivity contribution < 1.29 is 4.74 Å². The van der Waals surface area contributed by atoms with Gasteiger partial charge in [-0.2, -0.15) is 0 Å². The van der Waals surface area contributed by atoms with Crippen LogP contribution in [0.15, 0.2) is 59.6 Å². The van der Waals surface area contributed by atoms with Gasteiger partial charge in [0.1, 0.15) is 5.69 Å². The van der Waals surface area contributed by atoms with Crippen molar-refractivity contribution in [3.05, 3.63) is 60.2 Å². The Labute approximate surface area is 183 Å². The van der Waals surface area contributed by atoms with E-state index in [4.69, 9.17) is 9.73 Å². The van der Waals surface area contributed by atoms with E-state index >= 15 is 0 Å². The number of hydrogen-bond donors (Lipinski definition) is 1. The van der Waals surface area contributed by atoms with Crippen molar-refractivity contribution in [1.29, 1.82) is 0 Å². The molecule has 3 aliphatic rings. The second-order valence-electron chi connectivity index (χ2n) is 9.28. The Bertz CT molecular complexity index is 1210. The van der Waals surface area contributed by atoms with Gasteiger partial charge < -0.3 is 19.9 Å². The molecule has 6 rings (SSSR count). The molecule has 0 aromatic heterocycles. The van der Waals surface area contributed by atoms with Gasteiger partial charge in [0.25, 0.3) is 0 Å². The van der Waals surface area contributed by atoms with Crippen molar-refractivity contribution >= 4 is 34.0 Å². The van der Waals surface area contributed by atoms with Gasteiger partial charge in [0.15, 0.2) is 5.75 Å². The maximum absolute atomic E-state index is 6.96. The number of piperazine rings is 1. The normalized spacial score (nSPS) is 23.7. The topological polar surface area (TPSA) is 40.1 Å². The first kappa shape index (κ1) is 18.7. The zero-order valence-corrected chi connectivity index (χ0v) is 18.4. The third-order valence-electron chi connectivity index (χ3n) is 7.38. The summed E-state index contributed by atoms with van der Waals surface area (Å²) in [6.45, 7) is 8.50. The first-order valence-electron chi connectivity index (χ1n) is 11.1. The smallest absolute Gasteiger partial charge is 0.228 e. The first-order valence-corrected chi connectivity index (χ1v) is 11.1. The number of rotatable bonds is 1. The number of nitrogens with zero attached hydrogens (tertiary/aromatic N) is 3. The Morgan fingerprint density at radius 3 is 2.42 bits per heavy atom. The van der Waals surface area contributed by atoms with Gasteiger partial charge in [0, 0.05) is 61.4 Å². The van der Waals surface area contributed by atoms with E-state index in [1.807, 2.05) is 6.21 Å². The van der Waals surface area contributed by atoms with E-state index in [1.165, 1.54) is 22.3 Å². The Balaban J connectivity index is 1.53. The fraction of sp³-hybridized carbons (Fsp3) is 0.346. The molecule has 3 aromatic rings. The second kappa shape index (κ2) is 6.47. The zero-order chi connectivity index (χ0) is 21.2. The lowest BCUT2D eigenvalue weighted by atomic mass is 9.77. The van der Waals surface area contributed by atoms with Crippen LogP contribution in [0, 0.1) is 0 Å². The standard InChI is InChI=1S/C26H28N4O/c1-25(2)20-10-6-7-11-21(20)29(3)26(25)17-28-24-19-9-5-4-8-18(19)22(16-23(24)31-26)30-14-12-27-13-15-30/h4-11,16-17,27H,12-15H2,1-3H3. The van der Waals surface area contributed by atoms with Gasteiger partial charge in [0.05, 0.1) is 11.6 Å². The van der Waals surface area contributed by atoms with E-state index in [9.17, 15) is 0 Å². The maximum atomic E-state index is 6.96. The van der Waals surface area contributed by atoms with Crippen molar-refractivity contribution in [2.45, 2.75) is 25.0 Å². The van der Waals surface area contributed by atoms with Crippen molar-refractivity contribution in [2.24, 2.45) is 4.99 Å². The SMILES string of the molecule is CN1c2ccccc2C(C)(C)C12C=Nc1c(cc(N3CCNCC3)c3ccccc13)O2. The summed E-state index contributed by atoms with van der Waals surface area (Å²) < 4.78 is 6.96. The van der Waals surface area contributed by atoms with Crippen LogP contribution in [0.1, 0.15) is 19.4 Å². The highest BCUT2D eigenvalue weighted by Gasteiger charge is 2.58. The Kier molecular flexibility index (Phi) is 3.90. The molecule has 0 radical (unpaired) electrons. The van der Waals surface area contributed by atoms with Crippen LogP contribution in [0.5, 0.6) is 5.75 Å². The lowest BCUT2D eigenvalue weighted by molar-refractivity contribution is 0.0827. The molecule has 0 amide bonds. The highest BCUT2D eigenvalue weighted by atomic mass is 16.5. The number of benzene rings is 3. The summed E-state index contributed by atoms with van der Waals surface area (Å²) in [6, 6.07) is 19.4. The molecule has 1 unspecified atom stereocenters. The molecule has 3 heterocycles. The quantitative estimate of drug-likeness (QED) is 0.640. The average Bonchev–Trinajstić information content (AvgIpc) is 2.97. The number of nitrogens with one attached hydrogen (secondary N) is 1. The lowest BCUT2D eigenvalue weighted by Gasteiger charge is -2.45. The fourth-order valence-electron chi connectivity index (χ4n) is 5.57. The Hall–Kier alpha value is -3.05. The summed E-state index contributed by atoms with van der Waals surface area (Å²) in [5.41, 5.74) is 3.74. The van der Waals surface area contributed by atoms with E-state index < -0.39 is 5.72 Å². The van der Waals surface area contributed by atoms with Crippen LogP contribution < -0.4 is 19.9 Å². The second-order valence-corrected chi connectivity index (χ2v) is 9.28. The largest absolute Gasteiger partial charge is 0.459 e. The van der Waals surface area contributed by atoms with E-state index in [1.54, 1.807) is 0 Å². The number of likely N-dealkylation sites (N-methyl/N-ethyl adjacent to an activating group) is 1. The van der Waals surface area contributed by atoms with Gasteiger partial charge in [-0.3, -0.25) is 4.99 Å². The van der Waals surface area contributed by atoms with Gasteiger partial charge in [-0.1, -0.05) is 42.5 Å². The van der Waals surface area contributed by atoms with Gasteiger partial charge >= 0.3 is 0 Å². The summed E-state index contributed by atoms with van der Waals surface area (Å²) in [6.07, 6.45) is 2.02. The summed E-state index contributed by atoms with van der Waals surface area (Å²) >= 11 is 0. The average molecular weight is 413 g/mol. The molecule has 0 aliphatic carbocycles. The summed E-state index contributed by atoms with van der Waals surface area (Å²) in [5.74, 6) is 0.863. The number of ether oxygens (including phenoxy) is 1. The minimum absolute atomic E-state index is 0.250. The van der Waals surface area contributed by atoms with Crippen LogP contribution in [0.25, 0.3) is 10.8 Å². The van der Waals surface area contributed by atoms with Crippen LogP contribution in [0.2, 0.25) is 0 Å². The highest BCUT2D eigenvalue weighted by molar-refractivity contribution is 6.06. The highest BCUT2D eigenvalue weighted by Crippen LogP contribution is 2.55. The molecule has 1 N–H and O–H groups in total. The minimum atomic E-state index is -0.660. The molecule has 3 aliphatic heterocycles. The van der Waals surface area contributed by atoms with Crippen molar-refractivity contribution in [1.82, 2.24) is 5.32 Å². The molecule has 0 bridgehead atoms. The number of para-hydroxylation sites is 1. The van der Waals surface area contributed by atoms with Gasteiger partial charge in [0.2, 0.25) is 5.72 Å². The van der Waals surface area contributed by atoms with Gasteiger partial charge in [-0.05, 0) is 25.5 Å². The molecule has 31 heavy (non-hydrogen) atoms. The maximum Gasteiger partial charge on any atom is 0.228 e. The Morgan fingerprint density at radius 1 is 0.935 bits per heavy atom. The fourth-order valence-corrected chi connectivity index (χ4v) is 5.57. The van der Waals surface area contributed by atoms with Gasteiger partial charge in [-0.15, -0.1) is 0 Å². The van der Waals surface area contributed by atoms with E-state index in [0.717, 1.165) is 43.0 Å². The number of aliphatic imine (C=N–C) groups is 1. The monoisotopic (exact) mass is 412 g/mol. The van der Waals surface area contributed by atoms with E-state index in [-0.39, 0.29) is 5.41 Å². The van der Waals surface area contributed by atoms with Crippen LogP contribution in [0.4, 0.5) is 17.1 Å². The molecule has 3 aromatic carbocycles. The third kappa shape index (κ3) is 2.44. The van der Waals surface area contributed by atoms with Gasteiger partial charge in [-0.25, -0.2) is 0 Å². The summed E-state index contributed by atoms with van der Waals surface area (Å²) in [4.78, 5) is 9.76. The summed E-state index contributed by atoms with van der Waals surface area (Å²) in [7, 11) is 2.11. The molecule has 5 heteroatoms. The first-order chi connectivity index (χ1) is 15.0. The Morgan fingerprint density at radius 2 is 1.65 bits per heavy atom. The third-order valence-corrected chi connectivity index (χ3v) is 7.38. The summed E-state index contributed by atoms with van der Waals surface area (Å²) in [5, 5.41) is 5.84. The molecule has 1 fully saturated rings. The zero-order valence-electron chi connectivity index (χ0n) is 18.4. The number of anilines is 2. The molecule has 1 atom stereocenters. The molecular formula is C26H28N4O. The predicted molar refractivity (Wildman–Crippen MR) is 128 cm³/mol. The molecule has 1 saturated heterocycles. The molecule has 158 valence electrons. The van der Waals surface area contributed by atoms with Crippen molar-refractivity contribution in [3.8, 4) is 5.75 Å². The molecule has 0 saturated carbocycles. The number of fused-ring (bicyclic) bond motifs is 4. The van der Waals surface area contributed by atoms with E-state index in [0.29, 0.717) is 0 Å². The minimum Gasteiger partial charge on any atom is -0.459 e. The predicted octanol–water partition coefficient (Wildman–Crippen LogP) is 4.47.